The van der Waals surface area contributed by atoms with Gasteiger partial charge in [-0.25, -0.2) is 8.78 Å². The number of carbonyl (C=O) groups is 1. The van der Waals surface area contributed by atoms with Crippen LogP contribution in [0.1, 0.15) is 23.2 Å². The number of rotatable bonds is 3. The first kappa shape index (κ1) is 11.2. The largest absolute Gasteiger partial charge is 0.316 e. The molecular formula is C12H13F2NO. The van der Waals surface area contributed by atoms with Crippen LogP contribution in [0.2, 0.25) is 0 Å². The molecule has 0 aromatic heterocycles. The zero-order chi connectivity index (χ0) is 11.5. The summed E-state index contributed by atoms with van der Waals surface area (Å²) in [7, 11) is 0. The van der Waals surface area contributed by atoms with Gasteiger partial charge in [0.2, 0.25) is 0 Å². The Hall–Kier alpha value is -1.29. The Balaban J connectivity index is 2.07. The van der Waals surface area contributed by atoms with Gasteiger partial charge in [-0.3, -0.25) is 4.79 Å². The molecule has 16 heavy (non-hydrogen) atoms. The highest BCUT2D eigenvalue weighted by atomic mass is 19.1. The van der Waals surface area contributed by atoms with Gasteiger partial charge in [-0.2, -0.15) is 0 Å². The Morgan fingerprint density at radius 2 is 2.00 bits per heavy atom. The van der Waals surface area contributed by atoms with Crippen molar-refractivity contribution in [3.8, 4) is 0 Å². The fourth-order valence-electron chi connectivity index (χ4n) is 1.98. The molecule has 1 N–H and O–H groups in total. The first-order chi connectivity index (χ1) is 7.65. The third-order valence-corrected chi connectivity index (χ3v) is 2.82. The molecular weight excluding hydrogens is 212 g/mol. The van der Waals surface area contributed by atoms with E-state index in [4.69, 9.17) is 0 Å². The number of halogens is 2. The summed E-state index contributed by atoms with van der Waals surface area (Å²) in [4.78, 5) is 11.7. The van der Waals surface area contributed by atoms with E-state index < -0.39 is 11.6 Å². The van der Waals surface area contributed by atoms with Crippen molar-refractivity contribution in [2.75, 3.05) is 13.1 Å². The van der Waals surface area contributed by atoms with Crippen molar-refractivity contribution in [1.29, 1.82) is 0 Å². The molecule has 0 radical (unpaired) electrons. The van der Waals surface area contributed by atoms with Crippen LogP contribution in [0.4, 0.5) is 8.78 Å². The predicted molar refractivity (Wildman–Crippen MR) is 56.3 cm³/mol. The van der Waals surface area contributed by atoms with Gasteiger partial charge in [-0.15, -0.1) is 0 Å². The van der Waals surface area contributed by atoms with E-state index in [1.54, 1.807) is 0 Å². The van der Waals surface area contributed by atoms with Crippen molar-refractivity contribution in [3.63, 3.8) is 0 Å². The molecule has 1 saturated heterocycles. The zero-order valence-electron chi connectivity index (χ0n) is 8.80. The fraction of sp³-hybridized carbons (Fsp3) is 0.417. The zero-order valence-corrected chi connectivity index (χ0v) is 8.80. The number of nitrogens with one attached hydrogen (secondary N) is 1. The predicted octanol–water partition coefficient (Wildman–Crippen LogP) is 2.15. The quantitative estimate of drug-likeness (QED) is 0.798. The SMILES string of the molecule is O=C(CC1CCNC1)c1cc(F)cc(F)c1. The van der Waals surface area contributed by atoms with Crippen LogP contribution in [0, 0.1) is 17.6 Å². The minimum atomic E-state index is -0.701. The molecule has 1 atom stereocenters. The lowest BCUT2D eigenvalue weighted by Crippen LogP contribution is -2.13. The Morgan fingerprint density at radius 1 is 1.31 bits per heavy atom. The van der Waals surface area contributed by atoms with E-state index >= 15 is 0 Å². The van der Waals surface area contributed by atoms with Crippen LogP contribution in [0.5, 0.6) is 0 Å². The second kappa shape index (κ2) is 4.70. The van der Waals surface area contributed by atoms with Crippen LogP contribution >= 0.6 is 0 Å². The van der Waals surface area contributed by atoms with Gasteiger partial charge < -0.3 is 5.32 Å². The van der Waals surface area contributed by atoms with E-state index in [9.17, 15) is 13.6 Å². The lowest BCUT2D eigenvalue weighted by Gasteiger charge is -2.07. The van der Waals surface area contributed by atoms with Crippen LogP contribution in [0.15, 0.2) is 18.2 Å². The first-order valence-corrected chi connectivity index (χ1v) is 5.35. The van der Waals surface area contributed by atoms with Gasteiger partial charge in [0, 0.05) is 18.1 Å². The third-order valence-electron chi connectivity index (χ3n) is 2.82. The molecule has 1 aromatic carbocycles. The molecule has 1 heterocycles. The monoisotopic (exact) mass is 225 g/mol. The van der Waals surface area contributed by atoms with Gasteiger partial charge in [-0.1, -0.05) is 0 Å². The van der Waals surface area contributed by atoms with Crippen molar-refractivity contribution < 1.29 is 13.6 Å². The van der Waals surface area contributed by atoms with Crippen molar-refractivity contribution in [3.05, 3.63) is 35.4 Å². The minimum absolute atomic E-state index is 0.129. The average Bonchev–Trinajstić information content (AvgIpc) is 2.68. The minimum Gasteiger partial charge on any atom is -0.316 e. The van der Waals surface area contributed by atoms with E-state index in [0.717, 1.165) is 37.7 Å². The summed E-state index contributed by atoms with van der Waals surface area (Å²) in [6.07, 6.45) is 1.30. The van der Waals surface area contributed by atoms with Gasteiger partial charge in [0.15, 0.2) is 5.78 Å². The average molecular weight is 225 g/mol. The molecule has 1 unspecified atom stereocenters. The number of ketones is 1. The maximum Gasteiger partial charge on any atom is 0.163 e. The Labute approximate surface area is 92.7 Å². The molecule has 1 aromatic rings. The van der Waals surface area contributed by atoms with Crippen molar-refractivity contribution in [1.82, 2.24) is 5.32 Å². The Bertz CT molecular complexity index is 380. The molecule has 1 fully saturated rings. The molecule has 0 amide bonds. The lowest BCUT2D eigenvalue weighted by molar-refractivity contribution is 0.0963. The summed E-state index contributed by atoms with van der Waals surface area (Å²) >= 11 is 0. The second-order valence-electron chi connectivity index (χ2n) is 4.14. The highest BCUT2D eigenvalue weighted by Gasteiger charge is 2.19. The smallest absolute Gasteiger partial charge is 0.163 e. The molecule has 2 rings (SSSR count). The first-order valence-electron chi connectivity index (χ1n) is 5.35. The molecule has 86 valence electrons. The molecule has 0 aliphatic carbocycles. The van der Waals surface area contributed by atoms with Crippen molar-refractivity contribution in [2.45, 2.75) is 12.8 Å². The Morgan fingerprint density at radius 3 is 2.56 bits per heavy atom. The van der Waals surface area contributed by atoms with Gasteiger partial charge in [0.05, 0.1) is 0 Å². The molecule has 1 aliphatic heterocycles. The van der Waals surface area contributed by atoms with E-state index in [2.05, 4.69) is 5.32 Å². The van der Waals surface area contributed by atoms with E-state index in [1.807, 2.05) is 0 Å². The van der Waals surface area contributed by atoms with Gasteiger partial charge >= 0.3 is 0 Å². The van der Waals surface area contributed by atoms with Crippen LogP contribution < -0.4 is 5.32 Å². The summed E-state index contributed by atoms with van der Waals surface area (Å²) in [6.45, 7) is 1.72. The summed E-state index contributed by atoms with van der Waals surface area (Å²) < 4.78 is 25.8. The molecule has 1 aliphatic rings. The van der Waals surface area contributed by atoms with Crippen molar-refractivity contribution >= 4 is 5.78 Å². The van der Waals surface area contributed by atoms with Crippen LogP contribution in [-0.2, 0) is 0 Å². The lowest BCUT2D eigenvalue weighted by atomic mass is 9.97. The van der Waals surface area contributed by atoms with Crippen LogP contribution in [0.3, 0.4) is 0 Å². The Kier molecular flexibility index (Phi) is 3.29. The van der Waals surface area contributed by atoms with E-state index in [1.165, 1.54) is 0 Å². The summed E-state index contributed by atoms with van der Waals surface area (Å²) in [6, 6.07) is 2.95. The molecule has 2 nitrogen and oxygen atoms in total. The van der Waals surface area contributed by atoms with Gasteiger partial charge in [0.25, 0.3) is 0 Å². The second-order valence-corrected chi connectivity index (χ2v) is 4.14. The molecule has 0 bridgehead atoms. The van der Waals surface area contributed by atoms with Crippen LogP contribution in [0.25, 0.3) is 0 Å². The maximum absolute atomic E-state index is 12.9. The highest BCUT2D eigenvalue weighted by molar-refractivity contribution is 5.96. The third kappa shape index (κ3) is 2.64. The maximum atomic E-state index is 12.9. The number of hydrogen-bond donors (Lipinski definition) is 1. The summed E-state index contributed by atoms with van der Waals surface area (Å²) in [5.74, 6) is -1.30. The van der Waals surface area contributed by atoms with Crippen LogP contribution in [-0.4, -0.2) is 18.9 Å². The highest BCUT2D eigenvalue weighted by Crippen LogP contribution is 2.17. The number of Topliss-reactive ketones (excluding diaryl/α,β-unsaturated/α-hetero) is 1. The molecule has 0 saturated carbocycles. The standard InChI is InChI=1S/C12H13F2NO/c13-10-4-9(5-11(14)6-10)12(16)3-8-1-2-15-7-8/h4-6,8,15H,1-3,7H2. The van der Waals surface area contributed by atoms with Crippen molar-refractivity contribution in [2.24, 2.45) is 5.92 Å². The fourth-order valence-corrected chi connectivity index (χ4v) is 1.98. The van der Waals surface area contributed by atoms with Gasteiger partial charge in [0.1, 0.15) is 11.6 Å². The number of hydrogen-bond acceptors (Lipinski definition) is 2. The normalized spacial score (nSPS) is 20.0. The number of benzene rings is 1. The van der Waals surface area contributed by atoms with E-state index in [0.29, 0.717) is 12.3 Å². The summed E-state index contributed by atoms with van der Waals surface area (Å²) in [5.41, 5.74) is 0.129. The topological polar surface area (TPSA) is 29.1 Å². The van der Waals surface area contributed by atoms with Gasteiger partial charge in [-0.05, 0) is 37.6 Å². The summed E-state index contributed by atoms with van der Waals surface area (Å²) in [5, 5.41) is 3.15. The molecule has 0 spiro atoms. The molecule has 4 heteroatoms. The van der Waals surface area contributed by atoms with E-state index in [-0.39, 0.29) is 11.3 Å². The number of carbonyl (C=O) groups excluding carboxylic acids is 1.